The SMILES string of the molecule is CCc1ccc(-c2cc(C(=O)Nc3ccn(Cc4ccccc4F)n3)c3cc(Cl)ccc3n2)s1. The number of halogens is 2. The average Bonchev–Trinajstić information content (AvgIpc) is 3.49. The summed E-state index contributed by atoms with van der Waals surface area (Å²) in [5, 5.41) is 8.42. The van der Waals surface area contributed by atoms with E-state index in [1.807, 2.05) is 12.1 Å². The number of aromatic nitrogens is 3. The molecule has 8 heteroatoms. The lowest BCUT2D eigenvalue weighted by atomic mass is 10.1. The van der Waals surface area contributed by atoms with Crippen LogP contribution in [0.3, 0.4) is 0 Å². The van der Waals surface area contributed by atoms with Gasteiger partial charge in [0.1, 0.15) is 5.82 Å². The molecule has 3 heterocycles. The number of nitrogens with zero attached hydrogens (tertiary/aromatic N) is 3. The first-order chi connectivity index (χ1) is 16.5. The van der Waals surface area contributed by atoms with Crippen molar-refractivity contribution in [1.29, 1.82) is 0 Å². The molecule has 0 unspecified atom stereocenters. The fourth-order valence-electron chi connectivity index (χ4n) is 3.72. The molecule has 5 nitrogen and oxygen atoms in total. The Morgan fingerprint density at radius 1 is 1.12 bits per heavy atom. The zero-order valence-corrected chi connectivity index (χ0v) is 19.8. The minimum atomic E-state index is -0.320. The Kier molecular flexibility index (Phi) is 6.13. The molecule has 3 aromatic heterocycles. The van der Waals surface area contributed by atoms with E-state index in [2.05, 4.69) is 23.4 Å². The van der Waals surface area contributed by atoms with Crippen molar-refractivity contribution < 1.29 is 9.18 Å². The summed E-state index contributed by atoms with van der Waals surface area (Å²) < 4.78 is 15.6. The number of hydrogen-bond donors (Lipinski definition) is 1. The molecular weight excluding hydrogens is 471 g/mol. The van der Waals surface area contributed by atoms with Gasteiger partial charge in [-0.05, 0) is 48.9 Å². The molecule has 0 aliphatic carbocycles. The Morgan fingerprint density at radius 2 is 1.97 bits per heavy atom. The molecule has 0 saturated carbocycles. The Bertz CT molecular complexity index is 1510. The van der Waals surface area contributed by atoms with E-state index in [1.165, 1.54) is 10.9 Å². The molecule has 0 spiro atoms. The van der Waals surface area contributed by atoms with Gasteiger partial charge in [0.15, 0.2) is 5.82 Å². The van der Waals surface area contributed by atoms with Crippen LogP contribution in [0.15, 0.2) is 72.9 Å². The number of pyridine rings is 1. The Hall–Kier alpha value is -3.55. The summed E-state index contributed by atoms with van der Waals surface area (Å²) in [5.41, 5.74) is 2.39. The fraction of sp³-hybridized carbons (Fsp3) is 0.115. The second-order valence-corrected chi connectivity index (χ2v) is 9.38. The van der Waals surface area contributed by atoms with Crippen molar-refractivity contribution in [3.8, 4) is 10.6 Å². The monoisotopic (exact) mass is 490 g/mol. The van der Waals surface area contributed by atoms with Crippen molar-refractivity contribution in [2.75, 3.05) is 5.32 Å². The molecule has 5 aromatic rings. The van der Waals surface area contributed by atoms with Gasteiger partial charge in [-0.15, -0.1) is 11.3 Å². The molecule has 1 N–H and O–H groups in total. The van der Waals surface area contributed by atoms with Crippen LogP contribution in [0.4, 0.5) is 10.2 Å². The summed E-state index contributed by atoms with van der Waals surface area (Å²) in [6.07, 6.45) is 2.64. The normalized spacial score (nSPS) is 11.1. The summed E-state index contributed by atoms with van der Waals surface area (Å²) in [6.45, 7) is 2.37. The second-order valence-electron chi connectivity index (χ2n) is 7.78. The summed E-state index contributed by atoms with van der Waals surface area (Å²) in [6, 6.07) is 19.4. The van der Waals surface area contributed by atoms with Crippen molar-refractivity contribution in [2.45, 2.75) is 19.9 Å². The summed E-state index contributed by atoms with van der Waals surface area (Å²) >= 11 is 7.88. The predicted molar refractivity (Wildman–Crippen MR) is 135 cm³/mol. The largest absolute Gasteiger partial charge is 0.305 e. The van der Waals surface area contributed by atoms with Crippen LogP contribution in [-0.2, 0) is 13.0 Å². The van der Waals surface area contributed by atoms with E-state index in [1.54, 1.807) is 64.7 Å². The van der Waals surface area contributed by atoms with Crippen LogP contribution < -0.4 is 5.32 Å². The van der Waals surface area contributed by atoms with Crippen LogP contribution >= 0.6 is 22.9 Å². The number of fused-ring (bicyclic) bond motifs is 1. The van der Waals surface area contributed by atoms with Gasteiger partial charge in [0, 0.05) is 33.1 Å². The lowest BCUT2D eigenvalue weighted by molar-refractivity contribution is 0.102. The number of thiophene rings is 1. The maximum atomic E-state index is 14.0. The number of aryl methyl sites for hydroxylation is 1. The molecule has 170 valence electrons. The summed E-state index contributed by atoms with van der Waals surface area (Å²) in [4.78, 5) is 20.3. The maximum Gasteiger partial charge on any atom is 0.257 e. The van der Waals surface area contributed by atoms with Gasteiger partial charge >= 0.3 is 0 Å². The molecule has 1 amide bonds. The number of carbonyl (C=O) groups excluding carboxylic acids is 1. The predicted octanol–water partition coefficient (Wildman–Crippen LogP) is 6.82. The van der Waals surface area contributed by atoms with Crippen LogP contribution in [0.25, 0.3) is 21.5 Å². The summed E-state index contributed by atoms with van der Waals surface area (Å²) in [5.74, 6) is -0.241. The van der Waals surface area contributed by atoms with Crippen LogP contribution in [0.2, 0.25) is 5.02 Å². The van der Waals surface area contributed by atoms with E-state index in [9.17, 15) is 9.18 Å². The number of rotatable bonds is 6. The molecule has 0 fully saturated rings. The van der Waals surface area contributed by atoms with Crippen molar-refractivity contribution in [3.63, 3.8) is 0 Å². The van der Waals surface area contributed by atoms with E-state index in [0.717, 1.165) is 17.0 Å². The quantitative estimate of drug-likeness (QED) is 0.284. The van der Waals surface area contributed by atoms with Crippen molar-refractivity contribution in [1.82, 2.24) is 14.8 Å². The third kappa shape index (κ3) is 4.58. The zero-order valence-electron chi connectivity index (χ0n) is 18.3. The molecule has 0 aliphatic rings. The number of amides is 1. The van der Waals surface area contributed by atoms with E-state index in [-0.39, 0.29) is 18.3 Å². The van der Waals surface area contributed by atoms with Crippen LogP contribution in [0, 0.1) is 5.82 Å². The summed E-state index contributed by atoms with van der Waals surface area (Å²) in [7, 11) is 0. The standard InChI is InChI=1S/C26H20ClFN4OS/c1-2-18-8-10-24(34-18)23-14-20(19-13-17(27)7-9-22(19)29-23)26(33)30-25-11-12-32(31-25)15-16-5-3-4-6-21(16)28/h3-14H,2,15H2,1H3,(H,30,31,33). The molecule has 0 atom stereocenters. The van der Waals surface area contributed by atoms with Gasteiger partial charge in [0.25, 0.3) is 5.91 Å². The third-order valence-electron chi connectivity index (χ3n) is 5.45. The molecule has 0 bridgehead atoms. The molecule has 2 aromatic carbocycles. The number of benzene rings is 2. The topological polar surface area (TPSA) is 59.8 Å². The number of anilines is 1. The first kappa shape index (κ1) is 22.3. The number of carbonyl (C=O) groups is 1. The molecule has 5 rings (SSSR count). The molecule has 0 aliphatic heterocycles. The Morgan fingerprint density at radius 3 is 2.76 bits per heavy atom. The van der Waals surface area contributed by atoms with Crippen LogP contribution in [-0.4, -0.2) is 20.7 Å². The fourth-order valence-corrected chi connectivity index (χ4v) is 4.80. The van der Waals surface area contributed by atoms with Crippen molar-refractivity contribution in [2.24, 2.45) is 0 Å². The minimum Gasteiger partial charge on any atom is -0.305 e. The average molecular weight is 491 g/mol. The third-order valence-corrected chi connectivity index (χ3v) is 6.94. The Labute approximate surface area is 204 Å². The van der Waals surface area contributed by atoms with E-state index in [4.69, 9.17) is 16.6 Å². The first-order valence-electron chi connectivity index (χ1n) is 10.8. The lowest BCUT2D eigenvalue weighted by Crippen LogP contribution is -2.14. The molecule has 0 saturated heterocycles. The van der Waals surface area contributed by atoms with Crippen LogP contribution in [0.1, 0.15) is 27.7 Å². The van der Waals surface area contributed by atoms with Gasteiger partial charge in [-0.3, -0.25) is 9.48 Å². The van der Waals surface area contributed by atoms with Gasteiger partial charge < -0.3 is 5.32 Å². The van der Waals surface area contributed by atoms with Crippen LogP contribution in [0.5, 0.6) is 0 Å². The minimum absolute atomic E-state index is 0.263. The van der Waals surface area contributed by atoms with Crippen molar-refractivity contribution in [3.05, 3.63) is 99.8 Å². The van der Waals surface area contributed by atoms with Gasteiger partial charge in [0.05, 0.1) is 28.2 Å². The van der Waals surface area contributed by atoms with Gasteiger partial charge in [-0.2, -0.15) is 5.10 Å². The highest BCUT2D eigenvalue weighted by atomic mass is 35.5. The highest BCUT2D eigenvalue weighted by Gasteiger charge is 2.17. The Balaban J connectivity index is 1.46. The highest BCUT2D eigenvalue weighted by Crippen LogP contribution is 2.31. The molecule has 34 heavy (non-hydrogen) atoms. The van der Waals surface area contributed by atoms with Gasteiger partial charge in [0.2, 0.25) is 0 Å². The second kappa shape index (κ2) is 9.37. The van der Waals surface area contributed by atoms with E-state index < -0.39 is 0 Å². The van der Waals surface area contributed by atoms with Crippen molar-refractivity contribution >= 4 is 45.6 Å². The number of nitrogens with one attached hydrogen (secondary N) is 1. The zero-order chi connectivity index (χ0) is 23.7. The van der Waals surface area contributed by atoms with E-state index >= 15 is 0 Å². The molecular formula is C26H20ClFN4OS. The molecule has 0 radical (unpaired) electrons. The smallest absolute Gasteiger partial charge is 0.257 e. The van der Waals surface area contributed by atoms with Gasteiger partial charge in [-0.1, -0.05) is 36.7 Å². The maximum absolute atomic E-state index is 14.0. The van der Waals surface area contributed by atoms with Gasteiger partial charge in [-0.25, -0.2) is 9.37 Å². The van der Waals surface area contributed by atoms with E-state index in [0.29, 0.717) is 32.9 Å². The number of hydrogen-bond acceptors (Lipinski definition) is 4. The lowest BCUT2D eigenvalue weighted by Gasteiger charge is -2.09. The highest BCUT2D eigenvalue weighted by molar-refractivity contribution is 7.15. The first-order valence-corrected chi connectivity index (χ1v) is 12.0.